The minimum atomic E-state index is -4.85. The average Bonchev–Trinajstić information content (AvgIpc) is 2.62. The van der Waals surface area contributed by atoms with Gasteiger partial charge in [-0.1, -0.05) is 30.3 Å². The van der Waals surface area contributed by atoms with Crippen LogP contribution in [0.2, 0.25) is 0 Å². The van der Waals surface area contributed by atoms with Crippen molar-refractivity contribution in [2.75, 3.05) is 0 Å². The van der Waals surface area contributed by atoms with E-state index in [2.05, 4.69) is 0 Å². The summed E-state index contributed by atoms with van der Waals surface area (Å²) in [5, 5.41) is 0. The highest BCUT2D eigenvalue weighted by Gasteiger charge is 2.35. The van der Waals surface area contributed by atoms with Crippen LogP contribution in [0.3, 0.4) is 0 Å². The Hall–Kier alpha value is -2.88. The van der Waals surface area contributed by atoms with Crippen molar-refractivity contribution in [1.29, 1.82) is 0 Å². The number of aromatic amines is 1. The molecule has 0 spiro atoms. The van der Waals surface area contributed by atoms with Crippen LogP contribution in [-0.4, -0.2) is 19.3 Å². The van der Waals surface area contributed by atoms with Gasteiger partial charge in [0.2, 0.25) is 0 Å². The van der Waals surface area contributed by atoms with Crippen molar-refractivity contribution in [2.24, 2.45) is 0 Å². The lowest BCUT2D eigenvalue weighted by atomic mass is 10.1. The first-order valence-corrected chi connectivity index (χ1v) is 9.85. The zero-order valence-corrected chi connectivity index (χ0v) is 15.4. The van der Waals surface area contributed by atoms with Crippen LogP contribution < -0.4 is 15.9 Å². The molecule has 1 heterocycles. The van der Waals surface area contributed by atoms with Gasteiger partial charge in [-0.3, -0.25) is 18.7 Å². The molecule has 3 rings (SSSR count). The maximum atomic E-state index is 13.5. The fourth-order valence-electron chi connectivity index (χ4n) is 2.70. The Balaban J connectivity index is 2.21. The molecule has 0 aliphatic heterocycles. The second kappa shape index (κ2) is 7.51. The molecule has 0 bridgehead atoms. The number of hydrogen-bond donors (Lipinski definition) is 3. The van der Waals surface area contributed by atoms with E-state index in [-0.39, 0.29) is 12.1 Å². The van der Waals surface area contributed by atoms with Gasteiger partial charge in [-0.05, 0) is 11.6 Å². The highest BCUT2D eigenvalue weighted by atomic mass is 31.2. The van der Waals surface area contributed by atoms with Gasteiger partial charge in [0.15, 0.2) is 0 Å². The number of rotatable bonds is 5. The van der Waals surface area contributed by atoms with Gasteiger partial charge >= 0.3 is 24.9 Å². The first kappa shape index (κ1) is 20.8. The largest absolute Gasteiger partial charge is 0.488 e. The Morgan fingerprint density at radius 3 is 2.34 bits per heavy atom. The number of nitrogens with zero attached hydrogens (tertiary/aromatic N) is 1. The number of alkyl halides is 3. The topological polar surface area (TPSA) is 122 Å². The number of halogens is 3. The molecule has 8 nitrogen and oxygen atoms in total. The minimum absolute atomic E-state index is 0.221. The number of nitrogens with one attached hydrogen (secondary N) is 1. The summed E-state index contributed by atoms with van der Waals surface area (Å²) in [6, 6.07) is 9.72. The fourth-order valence-corrected chi connectivity index (χ4v) is 3.35. The Morgan fingerprint density at radius 2 is 1.76 bits per heavy atom. The highest BCUT2D eigenvalue weighted by molar-refractivity contribution is 7.50. The molecular formula is C17H14F3N2O6P. The van der Waals surface area contributed by atoms with Crippen molar-refractivity contribution in [3.8, 4) is 5.75 Å². The van der Waals surface area contributed by atoms with Crippen molar-refractivity contribution in [1.82, 2.24) is 9.55 Å². The van der Waals surface area contributed by atoms with Crippen molar-refractivity contribution in [3.05, 3.63) is 74.3 Å². The Labute approximate surface area is 160 Å². The SMILES string of the molecule is O=c1[nH]c2cc(C(F)(F)F)c(OCc3ccccc3)cc2n(CP(=O)(O)O)c1=O. The molecule has 12 heteroatoms. The third-order valence-corrected chi connectivity index (χ3v) is 4.60. The normalized spacial score (nSPS) is 12.3. The van der Waals surface area contributed by atoms with Crippen molar-refractivity contribution in [3.63, 3.8) is 0 Å². The van der Waals surface area contributed by atoms with Crippen LogP contribution >= 0.6 is 7.60 Å². The van der Waals surface area contributed by atoms with E-state index in [1.54, 1.807) is 30.3 Å². The molecule has 0 amide bonds. The van der Waals surface area contributed by atoms with E-state index < -0.39 is 48.0 Å². The van der Waals surface area contributed by atoms with E-state index >= 15 is 0 Å². The summed E-state index contributed by atoms with van der Waals surface area (Å²) < 4.78 is 57.5. The van der Waals surface area contributed by atoms with Gasteiger partial charge in [0.1, 0.15) is 18.6 Å². The molecule has 1 aromatic heterocycles. The molecular weight excluding hydrogens is 416 g/mol. The van der Waals surface area contributed by atoms with Crippen LogP contribution in [0.15, 0.2) is 52.1 Å². The van der Waals surface area contributed by atoms with Crippen LogP contribution in [-0.2, 0) is 23.6 Å². The smallest absolute Gasteiger partial charge is 0.420 e. The van der Waals surface area contributed by atoms with Crippen LogP contribution in [0.4, 0.5) is 13.2 Å². The molecule has 154 valence electrons. The minimum Gasteiger partial charge on any atom is -0.488 e. The van der Waals surface area contributed by atoms with Gasteiger partial charge in [0, 0.05) is 6.07 Å². The quantitative estimate of drug-likeness (QED) is 0.422. The number of ether oxygens (including phenoxy) is 1. The summed E-state index contributed by atoms with van der Waals surface area (Å²) >= 11 is 0. The summed E-state index contributed by atoms with van der Waals surface area (Å²) in [7, 11) is -4.81. The number of hydrogen-bond acceptors (Lipinski definition) is 4. The van der Waals surface area contributed by atoms with Crippen LogP contribution in [0.5, 0.6) is 5.75 Å². The average molecular weight is 430 g/mol. The maximum absolute atomic E-state index is 13.5. The summed E-state index contributed by atoms with van der Waals surface area (Å²) in [6.07, 6.45) is -6.02. The van der Waals surface area contributed by atoms with Gasteiger partial charge in [-0.25, -0.2) is 0 Å². The first-order chi connectivity index (χ1) is 13.5. The Bertz CT molecular complexity index is 1210. The molecule has 3 N–H and O–H groups in total. The lowest BCUT2D eigenvalue weighted by Crippen LogP contribution is -2.36. The summed E-state index contributed by atoms with van der Waals surface area (Å²) in [5.74, 6) is -0.653. The van der Waals surface area contributed by atoms with Gasteiger partial charge in [0.25, 0.3) is 0 Å². The Morgan fingerprint density at radius 1 is 1.10 bits per heavy atom. The zero-order chi connectivity index (χ0) is 21.4. The monoisotopic (exact) mass is 430 g/mol. The van der Waals surface area contributed by atoms with E-state index in [1.807, 2.05) is 4.98 Å². The number of fused-ring (bicyclic) bond motifs is 1. The molecule has 0 fully saturated rings. The third kappa shape index (κ3) is 4.76. The van der Waals surface area contributed by atoms with Crippen LogP contribution in [0.25, 0.3) is 11.0 Å². The fraction of sp³-hybridized carbons (Fsp3) is 0.176. The molecule has 3 aromatic rings. The van der Waals surface area contributed by atoms with E-state index in [1.165, 1.54) is 0 Å². The van der Waals surface area contributed by atoms with E-state index in [0.717, 1.165) is 6.07 Å². The molecule has 0 saturated carbocycles. The summed E-state index contributed by atoms with van der Waals surface area (Å²) in [5.41, 5.74) is -3.98. The standard InChI is InChI=1S/C17H14F3N2O6P/c18-17(19,20)11-6-12-13(7-14(11)28-8-10-4-2-1-3-5-10)22(9-29(25,26)27)16(24)15(23)21-12/h1-7H,8-9H2,(H,21,23)(H2,25,26,27). The van der Waals surface area contributed by atoms with Crippen molar-refractivity contribution >= 4 is 18.6 Å². The van der Waals surface area contributed by atoms with Gasteiger partial charge < -0.3 is 19.5 Å². The number of H-pyrrole nitrogens is 1. The van der Waals surface area contributed by atoms with Crippen LogP contribution in [0, 0.1) is 0 Å². The van der Waals surface area contributed by atoms with E-state index in [9.17, 15) is 37.1 Å². The lowest BCUT2D eigenvalue weighted by Gasteiger charge is -2.17. The predicted molar refractivity (Wildman–Crippen MR) is 96.6 cm³/mol. The van der Waals surface area contributed by atoms with E-state index in [0.29, 0.717) is 16.2 Å². The van der Waals surface area contributed by atoms with Gasteiger partial charge in [0.05, 0.1) is 16.6 Å². The zero-order valence-electron chi connectivity index (χ0n) is 14.5. The number of benzene rings is 2. The second-order valence-electron chi connectivity index (χ2n) is 6.13. The Kier molecular flexibility index (Phi) is 5.40. The molecule has 0 atom stereocenters. The van der Waals surface area contributed by atoms with Crippen molar-refractivity contribution in [2.45, 2.75) is 19.1 Å². The molecule has 0 unspecified atom stereocenters. The third-order valence-electron chi connectivity index (χ3n) is 3.94. The summed E-state index contributed by atoms with van der Waals surface area (Å²) in [6.45, 7) is -0.221. The molecule has 0 aliphatic carbocycles. The lowest BCUT2D eigenvalue weighted by molar-refractivity contribution is -0.138. The maximum Gasteiger partial charge on any atom is 0.420 e. The van der Waals surface area contributed by atoms with Crippen LogP contribution in [0.1, 0.15) is 11.1 Å². The van der Waals surface area contributed by atoms with Gasteiger partial charge in [-0.15, -0.1) is 0 Å². The number of aromatic nitrogens is 2. The molecule has 0 radical (unpaired) electrons. The molecule has 0 aliphatic rings. The first-order valence-electron chi connectivity index (χ1n) is 8.05. The highest BCUT2D eigenvalue weighted by Crippen LogP contribution is 2.40. The van der Waals surface area contributed by atoms with Gasteiger partial charge in [-0.2, -0.15) is 13.2 Å². The predicted octanol–water partition coefficient (Wildman–Crippen LogP) is 2.42. The molecule has 29 heavy (non-hydrogen) atoms. The van der Waals surface area contributed by atoms with Crippen molar-refractivity contribution < 1.29 is 32.3 Å². The summed E-state index contributed by atoms with van der Waals surface area (Å²) in [4.78, 5) is 44.1. The molecule has 0 saturated heterocycles. The molecule has 2 aromatic carbocycles. The second-order valence-corrected chi connectivity index (χ2v) is 7.74. The van der Waals surface area contributed by atoms with E-state index in [4.69, 9.17) is 4.74 Å².